The summed E-state index contributed by atoms with van der Waals surface area (Å²) in [5.74, 6) is 1.09. The summed E-state index contributed by atoms with van der Waals surface area (Å²) < 4.78 is 7.86. The van der Waals surface area contributed by atoms with Crippen molar-refractivity contribution in [2.24, 2.45) is 5.41 Å². The number of rotatable bonds is 7. The van der Waals surface area contributed by atoms with E-state index in [1.165, 1.54) is 0 Å². The third kappa shape index (κ3) is 3.15. The number of hydrogen-bond acceptors (Lipinski definition) is 4. The summed E-state index contributed by atoms with van der Waals surface area (Å²) in [6, 6.07) is 0. The van der Waals surface area contributed by atoms with Gasteiger partial charge in [0.2, 0.25) is 0 Å². The van der Waals surface area contributed by atoms with Crippen molar-refractivity contribution in [2.45, 2.75) is 52.7 Å². The Kier molecular flexibility index (Phi) is 4.93. The highest BCUT2D eigenvalue weighted by Gasteiger charge is 2.42. The number of aromatic nitrogens is 3. The van der Waals surface area contributed by atoms with Crippen LogP contribution in [0.2, 0.25) is 0 Å². The first-order valence-electron chi connectivity index (χ1n) is 7.41. The standard InChI is InChI=1S/C14H26N4O/c1-4-7-18-13(16-11-17-18)9-14(10-15-5-2)6-8-19-12(14)3/h11-12,15H,4-10H2,1-3H3. The van der Waals surface area contributed by atoms with Gasteiger partial charge in [-0.3, -0.25) is 4.68 Å². The van der Waals surface area contributed by atoms with Crippen LogP contribution in [-0.2, 0) is 17.7 Å². The maximum Gasteiger partial charge on any atom is 0.138 e. The second-order valence-corrected chi connectivity index (χ2v) is 5.48. The molecule has 2 atom stereocenters. The normalized spacial score (nSPS) is 27.0. The lowest BCUT2D eigenvalue weighted by atomic mass is 9.78. The van der Waals surface area contributed by atoms with E-state index in [4.69, 9.17) is 4.74 Å². The molecule has 5 heteroatoms. The van der Waals surface area contributed by atoms with Gasteiger partial charge in [-0.1, -0.05) is 13.8 Å². The summed E-state index contributed by atoms with van der Waals surface area (Å²) in [5.41, 5.74) is 0.161. The predicted molar refractivity (Wildman–Crippen MR) is 75.0 cm³/mol. The van der Waals surface area contributed by atoms with Gasteiger partial charge in [-0.25, -0.2) is 4.98 Å². The summed E-state index contributed by atoms with van der Waals surface area (Å²) in [6.07, 6.45) is 5.08. The fourth-order valence-corrected chi connectivity index (χ4v) is 2.86. The number of ether oxygens (including phenoxy) is 1. The fourth-order valence-electron chi connectivity index (χ4n) is 2.86. The van der Waals surface area contributed by atoms with Crippen molar-refractivity contribution in [3.8, 4) is 0 Å². The molecule has 0 saturated carbocycles. The predicted octanol–water partition coefficient (Wildman–Crippen LogP) is 1.64. The highest BCUT2D eigenvalue weighted by molar-refractivity contribution is 5.00. The van der Waals surface area contributed by atoms with E-state index < -0.39 is 0 Å². The quantitative estimate of drug-likeness (QED) is 0.815. The molecule has 108 valence electrons. The second-order valence-electron chi connectivity index (χ2n) is 5.48. The number of aryl methyl sites for hydroxylation is 1. The molecule has 1 saturated heterocycles. The largest absolute Gasteiger partial charge is 0.378 e. The Bertz CT molecular complexity index is 393. The molecule has 0 aliphatic carbocycles. The van der Waals surface area contributed by atoms with Crippen LogP contribution in [-0.4, -0.2) is 40.6 Å². The van der Waals surface area contributed by atoms with Crippen LogP contribution in [0.15, 0.2) is 6.33 Å². The molecule has 2 rings (SSSR count). The first-order valence-corrected chi connectivity index (χ1v) is 7.41. The average molecular weight is 266 g/mol. The van der Waals surface area contributed by atoms with Crippen molar-refractivity contribution in [3.05, 3.63) is 12.2 Å². The number of nitrogens with one attached hydrogen (secondary N) is 1. The lowest BCUT2D eigenvalue weighted by Gasteiger charge is -2.32. The van der Waals surface area contributed by atoms with Crippen LogP contribution in [0, 0.1) is 5.41 Å². The number of hydrogen-bond donors (Lipinski definition) is 1. The molecule has 2 heterocycles. The van der Waals surface area contributed by atoms with E-state index in [1.807, 2.05) is 4.68 Å². The van der Waals surface area contributed by atoms with E-state index in [2.05, 4.69) is 36.2 Å². The minimum absolute atomic E-state index is 0.161. The zero-order valence-electron chi connectivity index (χ0n) is 12.4. The minimum Gasteiger partial charge on any atom is -0.378 e. The van der Waals surface area contributed by atoms with Crippen LogP contribution in [0.4, 0.5) is 0 Å². The van der Waals surface area contributed by atoms with E-state index >= 15 is 0 Å². The molecule has 0 radical (unpaired) electrons. The summed E-state index contributed by atoms with van der Waals surface area (Å²) >= 11 is 0. The smallest absolute Gasteiger partial charge is 0.138 e. The van der Waals surface area contributed by atoms with Gasteiger partial charge >= 0.3 is 0 Å². The Morgan fingerprint density at radius 3 is 3.00 bits per heavy atom. The summed E-state index contributed by atoms with van der Waals surface area (Å²) in [6.45, 7) is 10.3. The van der Waals surface area contributed by atoms with Gasteiger partial charge < -0.3 is 10.1 Å². The third-order valence-corrected chi connectivity index (χ3v) is 4.20. The summed E-state index contributed by atoms with van der Waals surface area (Å²) in [5, 5.41) is 7.82. The molecule has 19 heavy (non-hydrogen) atoms. The molecule has 0 bridgehead atoms. The Hall–Kier alpha value is -0.940. The molecule has 1 aliphatic heterocycles. The molecule has 1 N–H and O–H groups in total. The topological polar surface area (TPSA) is 52.0 Å². The molecular weight excluding hydrogens is 240 g/mol. The second kappa shape index (κ2) is 6.48. The molecule has 5 nitrogen and oxygen atoms in total. The zero-order valence-corrected chi connectivity index (χ0v) is 12.4. The highest BCUT2D eigenvalue weighted by atomic mass is 16.5. The minimum atomic E-state index is 0.161. The Morgan fingerprint density at radius 2 is 2.37 bits per heavy atom. The summed E-state index contributed by atoms with van der Waals surface area (Å²) in [7, 11) is 0. The first-order chi connectivity index (χ1) is 9.22. The van der Waals surface area contributed by atoms with Crippen molar-refractivity contribution in [1.82, 2.24) is 20.1 Å². The fraction of sp³-hybridized carbons (Fsp3) is 0.857. The van der Waals surface area contributed by atoms with Crippen molar-refractivity contribution < 1.29 is 4.74 Å². The summed E-state index contributed by atoms with van der Waals surface area (Å²) in [4.78, 5) is 4.45. The van der Waals surface area contributed by atoms with Gasteiger partial charge in [0, 0.05) is 31.5 Å². The van der Waals surface area contributed by atoms with Crippen molar-refractivity contribution in [3.63, 3.8) is 0 Å². The van der Waals surface area contributed by atoms with Crippen LogP contribution in [0.5, 0.6) is 0 Å². The van der Waals surface area contributed by atoms with Gasteiger partial charge in [-0.05, 0) is 26.3 Å². The molecular formula is C14H26N4O. The van der Waals surface area contributed by atoms with Gasteiger partial charge in [0.1, 0.15) is 12.2 Å². The third-order valence-electron chi connectivity index (χ3n) is 4.20. The van der Waals surface area contributed by atoms with Gasteiger partial charge in [0.05, 0.1) is 6.10 Å². The average Bonchev–Trinajstić information content (AvgIpc) is 2.97. The zero-order chi connectivity index (χ0) is 13.7. The van der Waals surface area contributed by atoms with Gasteiger partial charge in [-0.2, -0.15) is 5.10 Å². The van der Waals surface area contributed by atoms with Crippen molar-refractivity contribution in [2.75, 3.05) is 19.7 Å². The van der Waals surface area contributed by atoms with E-state index in [0.29, 0.717) is 0 Å². The maximum atomic E-state index is 5.82. The van der Waals surface area contributed by atoms with E-state index in [-0.39, 0.29) is 11.5 Å². The SMILES string of the molecule is CCCn1ncnc1CC1(CNCC)CCOC1C. The molecule has 0 spiro atoms. The molecule has 1 aromatic heterocycles. The first kappa shape index (κ1) is 14.5. The lowest BCUT2D eigenvalue weighted by molar-refractivity contribution is 0.0617. The monoisotopic (exact) mass is 266 g/mol. The van der Waals surface area contributed by atoms with Crippen LogP contribution >= 0.6 is 0 Å². The molecule has 2 unspecified atom stereocenters. The Balaban J connectivity index is 2.13. The Labute approximate surface area is 115 Å². The van der Waals surface area contributed by atoms with E-state index in [9.17, 15) is 0 Å². The van der Waals surface area contributed by atoms with E-state index in [1.54, 1.807) is 6.33 Å². The van der Waals surface area contributed by atoms with Gasteiger partial charge in [0.25, 0.3) is 0 Å². The highest BCUT2D eigenvalue weighted by Crippen LogP contribution is 2.37. The van der Waals surface area contributed by atoms with Crippen LogP contribution in [0.25, 0.3) is 0 Å². The number of nitrogens with zero attached hydrogens (tertiary/aromatic N) is 3. The van der Waals surface area contributed by atoms with E-state index in [0.717, 1.165) is 51.3 Å². The molecule has 0 aromatic carbocycles. The van der Waals surface area contributed by atoms with Gasteiger partial charge in [0.15, 0.2) is 0 Å². The van der Waals surface area contributed by atoms with Crippen molar-refractivity contribution >= 4 is 0 Å². The lowest BCUT2D eigenvalue weighted by Crippen LogP contribution is -2.42. The Morgan fingerprint density at radius 1 is 1.53 bits per heavy atom. The van der Waals surface area contributed by atoms with Crippen LogP contribution in [0.1, 0.15) is 39.4 Å². The van der Waals surface area contributed by atoms with Gasteiger partial charge in [-0.15, -0.1) is 0 Å². The molecule has 0 amide bonds. The van der Waals surface area contributed by atoms with Crippen LogP contribution < -0.4 is 5.32 Å². The molecule has 1 aliphatic rings. The molecule has 1 aromatic rings. The van der Waals surface area contributed by atoms with Crippen LogP contribution in [0.3, 0.4) is 0 Å². The molecule has 1 fully saturated rings. The maximum absolute atomic E-state index is 5.82. The van der Waals surface area contributed by atoms with Crippen molar-refractivity contribution in [1.29, 1.82) is 0 Å².